The Hall–Kier alpha value is -1.56. The van der Waals surface area contributed by atoms with Crippen LogP contribution in [-0.2, 0) is 21.1 Å². The van der Waals surface area contributed by atoms with Gasteiger partial charge in [0, 0.05) is 12.5 Å². The fourth-order valence-electron chi connectivity index (χ4n) is 2.29. The lowest BCUT2D eigenvalue weighted by Crippen LogP contribution is -2.35. The Kier molecular flexibility index (Phi) is 4.65. The van der Waals surface area contributed by atoms with Gasteiger partial charge in [-0.3, -0.25) is 4.79 Å². The molecule has 1 aliphatic rings. The van der Waals surface area contributed by atoms with Gasteiger partial charge < -0.3 is 10.1 Å². The lowest BCUT2D eigenvalue weighted by atomic mass is 10.1. The molecule has 0 spiro atoms. The van der Waals surface area contributed by atoms with Crippen molar-refractivity contribution >= 4 is 15.7 Å². The molecule has 1 amide bonds. The molecule has 110 valence electrons. The first-order valence-corrected chi connectivity index (χ1v) is 8.43. The fraction of sp³-hybridized carbons (Fsp3) is 0.500. The van der Waals surface area contributed by atoms with Gasteiger partial charge in [0.2, 0.25) is 5.91 Å². The van der Waals surface area contributed by atoms with Gasteiger partial charge in [-0.05, 0) is 30.5 Å². The Morgan fingerprint density at radius 1 is 1.45 bits per heavy atom. The van der Waals surface area contributed by atoms with E-state index in [9.17, 15) is 13.2 Å². The summed E-state index contributed by atoms with van der Waals surface area (Å²) in [6, 6.07) is 7.35. The van der Waals surface area contributed by atoms with Crippen LogP contribution >= 0.6 is 0 Å². The third-order valence-corrected chi connectivity index (χ3v) is 5.14. The van der Waals surface area contributed by atoms with Gasteiger partial charge in [0.25, 0.3) is 0 Å². The van der Waals surface area contributed by atoms with Gasteiger partial charge >= 0.3 is 0 Å². The highest BCUT2D eigenvalue weighted by Gasteiger charge is 2.28. The number of amides is 1. The summed E-state index contributed by atoms with van der Waals surface area (Å²) in [5, 5.41) is 2.78. The molecular weight excluding hydrogens is 278 g/mol. The van der Waals surface area contributed by atoms with Crippen molar-refractivity contribution < 1.29 is 17.9 Å². The first-order valence-electron chi connectivity index (χ1n) is 6.61. The third-order valence-electron chi connectivity index (χ3n) is 3.37. The van der Waals surface area contributed by atoms with Gasteiger partial charge in [-0.25, -0.2) is 8.42 Å². The molecule has 0 aromatic heterocycles. The van der Waals surface area contributed by atoms with Gasteiger partial charge in [-0.15, -0.1) is 0 Å². The number of hydrogen-bond donors (Lipinski definition) is 1. The van der Waals surface area contributed by atoms with Crippen LogP contribution in [0, 0.1) is 0 Å². The van der Waals surface area contributed by atoms with E-state index in [0.29, 0.717) is 19.3 Å². The summed E-state index contributed by atoms with van der Waals surface area (Å²) in [5.74, 6) is 0.908. The number of carbonyl (C=O) groups excluding carboxylic acids is 1. The molecule has 1 aromatic carbocycles. The normalized spacial score (nSPS) is 20.6. The van der Waals surface area contributed by atoms with Crippen molar-refractivity contribution in [2.24, 2.45) is 0 Å². The molecular formula is C14H19NO4S. The average molecular weight is 297 g/mol. The van der Waals surface area contributed by atoms with Crippen molar-refractivity contribution in [1.29, 1.82) is 0 Å². The molecule has 1 aliphatic heterocycles. The van der Waals surface area contributed by atoms with Crippen LogP contribution in [0.3, 0.4) is 0 Å². The Bertz CT molecular complexity index is 583. The summed E-state index contributed by atoms with van der Waals surface area (Å²) < 4.78 is 27.7. The van der Waals surface area contributed by atoms with Crippen molar-refractivity contribution in [3.8, 4) is 5.75 Å². The highest BCUT2D eigenvalue weighted by Crippen LogP contribution is 2.15. The van der Waals surface area contributed by atoms with Gasteiger partial charge in [0.15, 0.2) is 9.84 Å². The Balaban J connectivity index is 1.80. The lowest BCUT2D eigenvalue weighted by Gasteiger charge is -2.10. The zero-order chi connectivity index (χ0) is 14.6. The second-order valence-electron chi connectivity index (χ2n) is 5.02. The number of rotatable bonds is 5. The van der Waals surface area contributed by atoms with E-state index in [0.717, 1.165) is 11.3 Å². The molecule has 0 bridgehead atoms. The van der Waals surface area contributed by atoms with Crippen molar-refractivity contribution in [2.75, 3.05) is 18.6 Å². The van der Waals surface area contributed by atoms with Crippen LogP contribution < -0.4 is 10.1 Å². The summed E-state index contributed by atoms with van der Waals surface area (Å²) >= 11 is 0. The molecule has 1 unspecified atom stereocenters. The van der Waals surface area contributed by atoms with E-state index < -0.39 is 9.84 Å². The van der Waals surface area contributed by atoms with Crippen molar-refractivity contribution in [1.82, 2.24) is 5.32 Å². The van der Waals surface area contributed by atoms with E-state index in [2.05, 4.69) is 5.32 Å². The maximum Gasteiger partial charge on any atom is 0.220 e. The number of benzene rings is 1. The smallest absolute Gasteiger partial charge is 0.220 e. The number of carbonyl (C=O) groups is 1. The van der Waals surface area contributed by atoms with E-state index in [1.54, 1.807) is 7.11 Å². The molecule has 1 aromatic rings. The Morgan fingerprint density at radius 2 is 2.25 bits per heavy atom. The number of ether oxygens (including phenoxy) is 1. The van der Waals surface area contributed by atoms with E-state index in [-0.39, 0.29) is 23.5 Å². The van der Waals surface area contributed by atoms with E-state index in [4.69, 9.17) is 4.74 Å². The van der Waals surface area contributed by atoms with Gasteiger partial charge in [-0.2, -0.15) is 0 Å². The summed E-state index contributed by atoms with van der Waals surface area (Å²) in [7, 11) is -1.34. The maximum absolute atomic E-state index is 11.8. The monoisotopic (exact) mass is 297 g/mol. The Morgan fingerprint density at radius 3 is 2.90 bits per heavy atom. The van der Waals surface area contributed by atoms with Crippen LogP contribution in [-0.4, -0.2) is 39.0 Å². The molecule has 5 nitrogen and oxygen atoms in total. The zero-order valence-corrected chi connectivity index (χ0v) is 12.3. The number of methoxy groups -OCH3 is 1. The van der Waals surface area contributed by atoms with Crippen LogP contribution in [0.4, 0.5) is 0 Å². The largest absolute Gasteiger partial charge is 0.497 e. The molecule has 0 saturated carbocycles. The molecule has 1 atom stereocenters. The SMILES string of the molecule is COc1cccc(CCC(=O)NC2CCS(=O)(=O)C2)c1. The topological polar surface area (TPSA) is 72.5 Å². The second-order valence-corrected chi connectivity index (χ2v) is 7.25. The van der Waals surface area contributed by atoms with Crippen molar-refractivity contribution in [2.45, 2.75) is 25.3 Å². The van der Waals surface area contributed by atoms with Crippen LogP contribution in [0.15, 0.2) is 24.3 Å². The fourth-order valence-corrected chi connectivity index (χ4v) is 3.97. The summed E-state index contributed by atoms with van der Waals surface area (Å²) in [5.41, 5.74) is 1.03. The standard InChI is InChI=1S/C14H19NO4S/c1-19-13-4-2-3-11(9-13)5-6-14(16)15-12-7-8-20(17,18)10-12/h2-4,9,12H,5-8,10H2,1H3,(H,15,16). The molecule has 1 fully saturated rings. The van der Waals surface area contributed by atoms with E-state index in [1.165, 1.54) is 0 Å². The summed E-state index contributed by atoms with van der Waals surface area (Å²) in [6.45, 7) is 0. The quantitative estimate of drug-likeness (QED) is 0.877. The molecule has 1 N–H and O–H groups in total. The zero-order valence-electron chi connectivity index (χ0n) is 11.5. The summed E-state index contributed by atoms with van der Waals surface area (Å²) in [6.07, 6.45) is 1.49. The number of aryl methyl sites for hydroxylation is 1. The van der Waals surface area contributed by atoms with Crippen molar-refractivity contribution in [3.05, 3.63) is 29.8 Å². The minimum Gasteiger partial charge on any atom is -0.497 e. The minimum atomic E-state index is -2.95. The molecule has 1 saturated heterocycles. The minimum absolute atomic E-state index is 0.0674. The molecule has 6 heteroatoms. The Labute approximate surface area is 119 Å². The average Bonchev–Trinajstić information content (AvgIpc) is 2.76. The van der Waals surface area contributed by atoms with Gasteiger partial charge in [-0.1, -0.05) is 12.1 Å². The van der Waals surface area contributed by atoms with Gasteiger partial charge in [0.1, 0.15) is 5.75 Å². The predicted octanol–water partition coefficient (Wildman–Crippen LogP) is 0.931. The predicted molar refractivity (Wildman–Crippen MR) is 76.5 cm³/mol. The van der Waals surface area contributed by atoms with Gasteiger partial charge in [0.05, 0.1) is 18.6 Å². The van der Waals surface area contributed by atoms with Crippen molar-refractivity contribution in [3.63, 3.8) is 0 Å². The summed E-state index contributed by atoms with van der Waals surface area (Å²) in [4.78, 5) is 11.8. The molecule has 20 heavy (non-hydrogen) atoms. The highest BCUT2D eigenvalue weighted by atomic mass is 32.2. The third kappa shape index (κ3) is 4.23. The van der Waals surface area contributed by atoms with Crippen LogP contribution in [0.5, 0.6) is 5.75 Å². The molecule has 0 radical (unpaired) electrons. The number of nitrogens with one attached hydrogen (secondary N) is 1. The molecule has 0 aliphatic carbocycles. The lowest BCUT2D eigenvalue weighted by molar-refractivity contribution is -0.121. The van der Waals surface area contributed by atoms with E-state index in [1.807, 2.05) is 24.3 Å². The maximum atomic E-state index is 11.8. The molecule has 1 heterocycles. The van der Waals surface area contributed by atoms with Crippen LogP contribution in [0.25, 0.3) is 0 Å². The first kappa shape index (κ1) is 14.8. The second kappa shape index (κ2) is 6.26. The van der Waals surface area contributed by atoms with Crippen LogP contribution in [0.2, 0.25) is 0 Å². The highest BCUT2D eigenvalue weighted by molar-refractivity contribution is 7.91. The first-order chi connectivity index (χ1) is 9.48. The number of sulfone groups is 1. The van der Waals surface area contributed by atoms with Crippen LogP contribution in [0.1, 0.15) is 18.4 Å². The van der Waals surface area contributed by atoms with E-state index >= 15 is 0 Å². The molecule has 2 rings (SSSR count). The number of hydrogen-bond acceptors (Lipinski definition) is 4.